The van der Waals surface area contributed by atoms with Crippen molar-refractivity contribution in [1.82, 2.24) is 35.4 Å². The summed E-state index contributed by atoms with van der Waals surface area (Å²) in [4.78, 5) is 21.7. The van der Waals surface area contributed by atoms with Crippen molar-refractivity contribution in [2.45, 2.75) is 13.0 Å². The SMILES string of the molecule is O=C(Nc1nn[nH]n1)c1cccnc1OCCCN1CCN(Cc2ccccc2-c2ccc(Cl)cc2)CC1. The van der Waals surface area contributed by atoms with Gasteiger partial charge in [0.2, 0.25) is 5.88 Å². The molecule has 0 spiro atoms. The summed E-state index contributed by atoms with van der Waals surface area (Å²) in [6, 6.07) is 20.0. The van der Waals surface area contributed by atoms with Gasteiger partial charge in [-0.25, -0.2) is 4.98 Å². The summed E-state index contributed by atoms with van der Waals surface area (Å²) in [6.45, 7) is 6.34. The van der Waals surface area contributed by atoms with Crippen LogP contribution in [0.15, 0.2) is 66.9 Å². The van der Waals surface area contributed by atoms with Crippen molar-refractivity contribution in [2.24, 2.45) is 0 Å². The highest BCUT2D eigenvalue weighted by Gasteiger charge is 2.19. The number of benzene rings is 2. The topological polar surface area (TPSA) is 112 Å². The van der Waals surface area contributed by atoms with Gasteiger partial charge in [0.1, 0.15) is 5.56 Å². The van der Waals surface area contributed by atoms with Crippen molar-refractivity contribution in [1.29, 1.82) is 0 Å². The van der Waals surface area contributed by atoms with Crippen LogP contribution in [0.2, 0.25) is 5.02 Å². The Balaban J connectivity index is 1.07. The molecule has 11 heteroatoms. The number of tetrazole rings is 1. The number of H-pyrrole nitrogens is 1. The van der Waals surface area contributed by atoms with Crippen molar-refractivity contribution < 1.29 is 9.53 Å². The van der Waals surface area contributed by atoms with Crippen LogP contribution in [0, 0.1) is 0 Å². The smallest absolute Gasteiger partial charge is 0.270 e. The summed E-state index contributed by atoms with van der Waals surface area (Å²) in [6.07, 6.45) is 2.44. The molecule has 1 amide bonds. The molecular weight excluding hydrogens is 504 g/mol. The Morgan fingerprint density at radius 1 is 1.00 bits per heavy atom. The molecule has 0 radical (unpaired) electrons. The molecule has 3 heterocycles. The molecular formula is C27H29ClN8O2. The Hall–Kier alpha value is -3.86. The van der Waals surface area contributed by atoms with Crippen LogP contribution in [0.25, 0.3) is 11.1 Å². The summed E-state index contributed by atoms with van der Waals surface area (Å²) in [5.41, 5.74) is 4.09. The minimum absolute atomic E-state index is 0.0948. The van der Waals surface area contributed by atoms with E-state index in [1.807, 2.05) is 12.1 Å². The normalized spacial score (nSPS) is 14.3. The fourth-order valence-corrected chi connectivity index (χ4v) is 4.63. The van der Waals surface area contributed by atoms with Crippen molar-refractivity contribution in [3.8, 4) is 17.0 Å². The molecule has 10 nitrogen and oxygen atoms in total. The van der Waals surface area contributed by atoms with E-state index < -0.39 is 5.91 Å². The van der Waals surface area contributed by atoms with E-state index in [2.05, 4.69) is 77.1 Å². The van der Waals surface area contributed by atoms with Gasteiger partial charge in [-0.2, -0.15) is 5.21 Å². The third-order valence-electron chi connectivity index (χ3n) is 6.48. The highest BCUT2D eigenvalue weighted by Crippen LogP contribution is 2.26. The summed E-state index contributed by atoms with van der Waals surface area (Å²) >= 11 is 6.08. The van der Waals surface area contributed by atoms with Gasteiger partial charge in [-0.3, -0.25) is 15.0 Å². The van der Waals surface area contributed by atoms with Gasteiger partial charge >= 0.3 is 0 Å². The number of piperazine rings is 1. The molecule has 2 aromatic carbocycles. The number of carbonyl (C=O) groups excluding carboxylic acids is 1. The summed E-state index contributed by atoms with van der Waals surface area (Å²) in [5.74, 6) is -0.0154. The number of hydrogen-bond acceptors (Lipinski definition) is 8. The molecule has 196 valence electrons. The number of aromatic nitrogens is 5. The zero-order chi connectivity index (χ0) is 26.2. The predicted molar refractivity (Wildman–Crippen MR) is 145 cm³/mol. The van der Waals surface area contributed by atoms with Crippen molar-refractivity contribution in [3.05, 3.63) is 83.0 Å². The standard InChI is InChI=1S/C27H29ClN8O2/c28-22-10-8-20(9-11-22)23-6-2-1-5-21(23)19-36-16-14-35(15-17-36)13-4-18-38-26-24(7-3-12-29-26)25(37)30-27-31-33-34-32-27/h1-3,5-12H,4,13-19H2,(H2,30,31,32,33,34,37). The lowest BCUT2D eigenvalue weighted by molar-refractivity contribution is 0.101. The average molecular weight is 533 g/mol. The molecule has 1 aliphatic heterocycles. The first kappa shape index (κ1) is 25.8. The molecule has 5 rings (SSSR count). The average Bonchev–Trinajstić information content (AvgIpc) is 3.46. The maximum Gasteiger partial charge on any atom is 0.270 e. The monoisotopic (exact) mass is 532 g/mol. The van der Waals surface area contributed by atoms with Gasteiger partial charge in [0.15, 0.2) is 0 Å². The number of carbonyl (C=O) groups is 1. The van der Waals surface area contributed by atoms with Crippen molar-refractivity contribution in [3.63, 3.8) is 0 Å². The Labute approximate surface area is 226 Å². The van der Waals surface area contributed by atoms with Gasteiger partial charge in [0.05, 0.1) is 6.61 Å². The summed E-state index contributed by atoms with van der Waals surface area (Å²) in [7, 11) is 0. The van der Waals surface area contributed by atoms with Crippen LogP contribution in [0.3, 0.4) is 0 Å². The van der Waals surface area contributed by atoms with Crippen LogP contribution in [0.5, 0.6) is 5.88 Å². The lowest BCUT2D eigenvalue weighted by Gasteiger charge is -2.35. The van der Waals surface area contributed by atoms with Gasteiger partial charge in [-0.1, -0.05) is 53.1 Å². The number of pyridine rings is 1. The molecule has 0 bridgehead atoms. The fraction of sp³-hybridized carbons (Fsp3) is 0.296. The number of amides is 1. The van der Waals surface area contributed by atoms with E-state index in [1.165, 1.54) is 16.7 Å². The number of rotatable bonds is 10. The summed E-state index contributed by atoms with van der Waals surface area (Å²) < 4.78 is 5.85. The number of anilines is 1. The fourth-order valence-electron chi connectivity index (χ4n) is 4.50. The molecule has 0 saturated carbocycles. The molecule has 1 aliphatic rings. The van der Waals surface area contributed by atoms with Gasteiger partial charge in [-0.05, 0) is 52.6 Å². The molecule has 0 atom stereocenters. The second-order valence-electron chi connectivity index (χ2n) is 9.03. The quantitative estimate of drug-likeness (QED) is 0.297. The zero-order valence-corrected chi connectivity index (χ0v) is 21.6. The molecule has 0 unspecified atom stereocenters. The maximum absolute atomic E-state index is 12.5. The van der Waals surface area contributed by atoms with Crippen LogP contribution in [0.1, 0.15) is 22.3 Å². The second kappa shape index (κ2) is 12.6. The molecule has 1 saturated heterocycles. The Bertz CT molecular complexity index is 1330. The number of hydrogen-bond donors (Lipinski definition) is 2. The van der Waals surface area contributed by atoms with Crippen LogP contribution in [-0.4, -0.2) is 80.6 Å². The minimum atomic E-state index is -0.400. The van der Waals surface area contributed by atoms with E-state index in [9.17, 15) is 4.79 Å². The predicted octanol–water partition coefficient (Wildman–Crippen LogP) is 3.75. The number of nitrogens with zero attached hydrogens (tertiary/aromatic N) is 6. The van der Waals surface area contributed by atoms with Crippen molar-refractivity contribution >= 4 is 23.5 Å². The van der Waals surface area contributed by atoms with E-state index in [0.717, 1.165) is 50.7 Å². The second-order valence-corrected chi connectivity index (χ2v) is 9.47. The largest absolute Gasteiger partial charge is 0.477 e. The maximum atomic E-state index is 12.5. The molecule has 38 heavy (non-hydrogen) atoms. The molecule has 2 aromatic heterocycles. The third-order valence-corrected chi connectivity index (χ3v) is 6.73. The van der Waals surface area contributed by atoms with Crippen LogP contribution in [0.4, 0.5) is 5.95 Å². The minimum Gasteiger partial charge on any atom is -0.477 e. The number of aromatic amines is 1. The third kappa shape index (κ3) is 6.71. The highest BCUT2D eigenvalue weighted by molar-refractivity contribution is 6.30. The van der Waals surface area contributed by atoms with E-state index in [4.69, 9.17) is 16.3 Å². The summed E-state index contributed by atoms with van der Waals surface area (Å²) in [5, 5.41) is 16.5. The van der Waals surface area contributed by atoms with Crippen LogP contribution in [-0.2, 0) is 6.54 Å². The molecule has 4 aromatic rings. The first-order valence-electron chi connectivity index (χ1n) is 12.6. The lowest BCUT2D eigenvalue weighted by atomic mass is 9.99. The Kier molecular flexibility index (Phi) is 8.54. The van der Waals surface area contributed by atoms with Crippen LogP contribution >= 0.6 is 11.6 Å². The molecule has 0 aliphatic carbocycles. The molecule has 2 N–H and O–H groups in total. The van der Waals surface area contributed by atoms with E-state index in [1.54, 1.807) is 18.3 Å². The number of nitrogens with one attached hydrogen (secondary N) is 2. The van der Waals surface area contributed by atoms with E-state index in [-0.39, 0.29) is 11.8 Å². The molecule has 1 fully saturated rings. The first-order valence-corrected chi connectivity index (χ1v) is 12.9. The van der Waals surface area contributed by atoms with E-state index >= 15 is 0 Å². The van der Waals surface area contributed by atoms with Gasteiger partial charge in [0.25, 0.3) is 11.9 Å². The zero-order valence-electron chi connectivity index (χ0n) is 20.9. The van der Waals surface area contributed by atoms with Gasteiger partial charge < -0.3 is 9.64 Å². The Morgan fingerprint density at radius 2 is 1.79 bits per heavy atom. The van der Waals surface area contributed by atoms with Crippen LogP contribution < -0.4 is 10.1 Å². The van der Waals surface area contributed by atoms with Gasteiger partial charge in [-0.15, -0.1) is 5.10 Å². The number of halogens is 1. The van der Waals surface area contributed by atoms with E-state index in [0.29, 0.717) is 12.2 Å². The lowest BCUT2D eigenvalue weighted by Crippen LogP contribution is -2.46. The highest BCUT2D eigenvalue weighted by atomic mass is 35.5. The van der Waals surface area contributed by atoms with Gasteiger partial charge in [0, 0.05) is 50.5 Å². The number of ether oxygens (including phenoxy) is 1. The van der Waals surface area contributed by atoms with Crippen molar-refractivity contribution in [2.75, 3.05) is 44.6 Å². The first-order chi connectivity index (χ1) is 18.7. The Morgan fingerprint density at radius 3 is 2.58 bits per heavy atom.